The molecular weight excluding hydrogens is 440 g/mol. The third kappa shape index (κ3) is 1.75. The van der Waals surface area contributed by atoms with Gasteiger partial charge in [0, 0.05) is 5.41 Å². The molecule has 4 atom stereocenters. The molecule has 2 bridgehead atoms. The van der Waals surface area contributed by atoms with Gasteiger partial charge in [-0.15, -0.1) is 0 Å². The van der Waals surface area contributed by atoms with Crippen molar-refractivity contribution in [1.82, 2.24) is 0 Å². The van der Waals surface area contributed by atoms with Gasteiger partial charge in [0.2, 0.25) is 0 Å². The average Bonchev–Trinajstić information content (AvgIpc) is 3.71. The van der Waals surface area contributed by atoms with Crippen molar-refractivity contribution < 1.29 is 9.59 Å². The van der Waals surface area contributed by atoms with Gasteiger partial charge in [0.15, 0.2) is 11.6 Å². The summed E-state index contributed by atoms with van der Waals surface area (Å²) in [4.78, 5) is 31.6. The van der Waals surface area contributed by atoms with E-state index in [-0.39, 0.29) is 21.7 Å². The Balaban J connectivity index is 1.36. The number of Topliss-reactive ketones (excluding diaryl/α,β-unsaturated/α-hetero) is 2. The molecule has 11 aliphatic carbocycles. The topological polar surface area (TPSA) is 34.1 Å². The quantitative estimate of drug-likeness (QED) is 0.351. The molecule has 11 rings (SSSR count). The monoisotopic (exact) mass is 480 g/mol. The molecular formula is C34H40O2. The van der Waals surface area contributed by atoms with Crippen LogP contribution in [0.4, 0.5) is 0 Å². The highest BCUT2D eigenvalue weighted by molar-refractivity contribution is 6.19. The number of hydrogen-bond acceptors (Lipinski definition) is 2. The van der Waals surface area contributed by atoms with Gasteiger partial charge in [-0.1, -0.05) is 16.7 Å². The zero-order valence-corrected chi connectivity index (χ0v) is 21.7. The molecule has 188 valence electrons. The lowest BCUT2D eigenvalue weighted by Crippen LogP contribution is -2.61. The maximum absolute atomic E-state index is 16.0. The van der Waals surface area contributed by atoms with Crippen LogP contribution in [0.2, 0.25) is 0 Å². The van der Waals surface area contributed by atoms with Crippen LogP contribution in [0, 0.1) is 69.0 Å². The van der Waals surface area contributed by atoms with E-state index in [1.54, 1.807) is 16.7 Å². The van der Waals surface area contributed by atoms with Crippen LogP contribution in [-0.4, -0.2) is 11.6 Å². The number of carbonyl (C=O) groups is 2. The maximum Gasteiger partial charge on any atom is 0.167 e. The lowest BCUT2D eigenvalue weighted by atomic mass is 9.40. The molecule has 11 aliphatic rings. The molecule has 0 N–H and O–H groups in total. The van der Waals surface area contributed by atoms with Gasteiger partial charge in [0.05, 0.1) is 16.2 Å². The molecule has 0 spiro atoms. The molecule has 0 aromatic rings. The molecule has 9 fully saturated rings. The van der Waals surface area contributed by atoms with E-state index in [1.807, 2.05) is 0 Å². The summed E-state index contributed by atoms with van der Waals surface area (Å²) >= 11 is 0. The van der Waals surface area contributed by atoms with Crippen molar-refractivity contribution in [2.45, 2.75) is 103 Å². The molecule has 0 radical (unpaired) electrons. The van der Waals surface area contributed by atoms with Crippen LogP contribution < -0.4 is 0 Å². The van der Waals surface area contributed by atoms with Crippen molar-refractivity contribution in [2.75, 3.05) is 0 Å². The minimum atomic E-state index is -0.369. The summed E-state index contributed by atoms with van der Waals surface area (Å²) in [5, 5.41) is 0. The SMILES string of the molecule is O=C1[C@]2(C3CC3)C(C3CC3)=C(C3CC3)[C@@]1(C1CC1)[C@]1(C3CC3)C(C3CC3)=C(C3CC3)C(=O)[C@]21C1CC1. The molecule has 2 nitrogen and oxygen atoms in total. The summed E-state index contributed by atoms with van der Waals surface area (Å²) in [5.41, 5.74) is 5.55. The fourth-order valence-corrected chi connectivity index (χ4v) is 12.4. The summed E-state index contributed by atoms with van der Waals surface area (Å²) in [6, 6.07) is 0. The lowest BCUT2D eigenvalue weighted by Gasteiger charge is -2.60. The van der Waals surface area contributed by atoms with Gasteiger partial charge in [-0.05, 0) is 156 Å². The Hall–Kier alpha value is -1.18. The predicted octanol–water partition coefficient (Wildman–Crippen LogP) is 6.98. The molecule has 0 saturated heterocycles. The third-order valence-corrected chi connectivity index (χ3v) is 13.7. The van der Waals surface area contributed by atoms with E-state index < -0.39 is 0 Å². The van der Waals surface area contributed by atoms with E-state index in [2.05, 4.69) is 0 Å². The van der Waals surface area contributed by atoms with Gasteiger partial charge in [-0.2, -0.15) is 0 Å². The molecule has 2 heteroatoms. The Bertz CT molecular complexity index is 1250. The van der Waals surface area contributed by atoms with Crippen LogP contribution in [0.1, 0.15) is 103 Å². The minimum Gasteiger partial charge on any atom is -0.298 e. The second-order valence-electron chi connectivity index (χ2n) is 15.7. The Morgan fingerprint density at radius 3 is 1.22 bits per heavy atom. The van der Waals surface area contributed by atoms with Crippen LogP contribution >= 0.6 is 0 Å². The number of allylic oxidation sites excluding steroid dienone is 4. The largest absolute Gasteiger partial charge is 0.298 e. The summed E-state index contributed by atoms with van der Waals surface area (Å²) in [6.45, 7) is 0. The summed E-state index contributed by atoms with van der Waals surface area (Å²) in [6.07, 6.45) is 20.4. The molecule has 0 aromatic carbocycles. The first-order valence-electron chi connectivity index (χ1n) is 16.2. The fourth-order valence-electron chi connectivity index (χ4n) is 12.4. The van der Waals surface area contributed by atoms with E-state index in [1.165, 1.54) is 108 Å². The third-order valence-electron chi connectivity index (χ3n) is 13.7. The van der Waals surface area contributed by atoms with Crippen LogP contribution in [0.5, 0.6) is 0 Å². The van der Waals surface area contributed by atoms with E-state index in [4.69, 9.17) is 0 Å². The number of hydrogen-bond donors (Lipinski definition) is 0. The van der Waals surface area contributed by atoms with Crippen molar-refractivity contribution in [3.8, 4) is 0 Å². The number of rotatable bonds is 8. The van der Waals surface area contributed by atoms with Gasteiger partial charge in [0.25, 0.3) is 0 Å². The molecule has 0 aromatic heterocycles. The second kappa shape index (κ2) is 5.58. The van der Waals surface area contributed by atoms with E-state index in [0.717, 1.165) is 0 Å². The Kier molecular flexibility index (Phi) is 3.07. The maximum atomic E-state index is 16.0. The van der Waals surface area contributed by atoms with Crippen molar-refractivity contribution in [2.24, 2.45) is 69.0 Å². The fraction of sp³-hybridized carbons (Fsp3) is 0.824. The van der Waals surface area contributed by atoms with E-state index >= 15 is 9.59 Å². The van der Waals surface area contributed by atoms with Crippen molar-refractivity contribution >= 4 is 11.6 Å². The number of fused-ring (bicyclic) bond motifs is 5. The normalized spacial score (nSPS) is 50.1. The van der Waals surface area contributed by atoms with Gasteiger partial charge < -0.3 is 0 Å². The van der Waals surface area contributed by atoms with Crippen LogP contribution in [0.25, 0.3) is 0 Å². The molecule has 0 heterocycles. The second-order valence-corrected chi connectivity index (χ2v) is 15.7. The van der Waals surface area contributed by atoms with Crippen LogP contribution in [0.15, 0.2) is 22.3 Å². The van der Waals surface area contributed by atoms with Crippen molar-refractivity contribution in [3.05, 3.63) is 22.3 Å². The Morgan fingerprint density at radius 2 is 0.806 bits per heavy atom. The highest BCUT2D eigenvalue weighted by Gasteiger charge is 2.98. The smallest absolute Gasteiger partial charge is 0.167 e. The van der Waals surface area contributed by atoms with Gasteiger partial charge in [0.1, 0.15) is 0 Å². The van der Waals surface area contributed by atoms with Gasteiger partial charge >= 0.3 is 0 Å². The molecule has 36 heavy (non-hydrogen) atoms. The molecule has 0 amide bonds. The number of carbonyl (C=O) groups excluding carboxylic acids is 2. The first-order valence-corrected chi connectivity index (χ1v) is 16.2. The van der Waals surface area contributed by atoms with Crippen molar-refractivity contribution in [1.29, 1.82) is 0 Å². The summed E-state index contributed by atoms with van der Waals surface area (Å²) < 4.78 is 0. The minimum absolute atomic E-state index is 0.0749. The average molecular weight is 481 g/mol. The summed E-state index contributed by atoms with van der Waals surface area (Å²) in [5.74, 6) is 6.09. The molecule has 9 saturated carbocycles. The predicted molar refractivity (Wildman–Crippen MR) is 136 cm³/mol. The van der Waals surface area contributed by atoms with E-state index in [0.29, 0.717) is 58.9 Å². The van der Waals surface area contributed by atoms with E-state index in [9.17, 15) is 0 Å². The number of ketones is 2. The van der Waals surface area contributed by atoms with Crippen molar-refractivity contribution in [3.63, 3.8) is 0 Å². The summed E-state index contributed by atoms with van der Waals surface area (Å²) in [7, 11) is 0. The van der Waals surface area contributed by atoms with Gasteiger partial charge in [-0.3, -0.25) is 9.59 Å². The first-order chi connectivity index (χ1) is 17.7. The zero-order valence-electron chi connectivity index (χ0n) is 21.7. The molecule has 0 aliphatic heterocycles. The Labute approximate surface area is 215 Å². The highest BCUT2D eigenvalue weighted by Crippen LogP contribution is 2.97. The standard InChI is InChI=1S/C34H40O2/c35-29-25(17-1-2-17)26(18-3-4-18)33(23-13-14-23)31(21-9-10-21)27(19-5-6-19)28(20-7-8-20)32(30(31)36,22-11-12-22)34(29,33)24-15-16-24/h17-24H,1-16H2/t31-,32+,33+,34-/m1/s1. The first kappa shape index (κ1) is 19.8. The zero-order chi connectivity index (χ0) is 23.4. The Morgan fingerprint density at radius 1 is 0.417 bits per heavy atom. The highest BCUT2D eigenvalue weighted by atomic mass is 16.1. The van der Waals surface area contributed by atoms with Crippen LogP contribution in [0.3, 0.4) is 0 Å². The van der Waals surface area contributed by atoms with Crippen LogP contribution in [-0.2, 0) is 9.59 Å². The molecule has 0 unspecified atom stereocenters. The lowest BCUT2D eigenvalue weighted by molar-refractivity contribution is -0.148. The van der Waals surface area contributed by atoms with Gasteiger partial charge in [-0.25, -0.2) is 0 Å².